The van der Waals surface area contributed by atoms with Gasteiger partial charge in [0.15, 0.2) is 5.03 Å². The Morgan fingerprint density at radius 3 is 2.76 bits per heavy atom. The maximum Gasteiger partial charge on any atom is 0.281 e. The standard InChI is InChI=1S/C13H14ClN3O3S/c1-16-12(6-15-13(16)14)21(19,20)17-7-9(8-18)10-4-2-3-5-11(10)17/h2-6,9,18H,7-8H2,1H3. The van der Waals surface area contributed by atoms with Crippen LogP contribution in [0.2, 0.25) is 5.28 Å². The second-order valence-electron chi connectivity index (χ2n) is 4.90. The number of hydrogen-bond acceptors (Lipinski definition) is 4. The van der Waals surface area contributed by atoms with E-state index in [-0.39, 0.29) is 29.4 Å². The van der Waals surface area contributed by atoms with Gasteiger partial charge in [-0.3, -0.25) is 4.31 Å². The van der Waals surface area contributed by atoms with E-state index in [2.05, 4.69) is 4.98 Å². The van der Waals surface area contributed by atoms with Gasteiger partial charge < -0.3 is 9.67 Å². The molecular formula is C13H14ClN3O3S. The van der Waals surface area contributed by atoms with Crippen molar-refractivity contribution < 1.29 is 13.5 Å². The molecule has 0 saturated heterocycles. The number of rotatable bonds is 3. The number of aliphatic hydroxyl groups excluding tert-OH is 1. The molecule has 8 heteroatoms. The second kappa shape index (κ2) is 5.01. The van der Waals surface area contributed by atoms with E-state index in [4.69, 9.17) is 11.6 Å². The third-order valence-electron chi connectivity index (χ3n) is 3.70. The van der Waals surface area contributed by atoms with Crippen molar-refractivity contribution in [2.24, 2.45) is 7.05 Å². The van der Waals surface area contributed by atoms with Crippen LogP contribution in [0.1, 0.15) is 11.5 Å². The highest BCUT2D eigenvalue weighted by Crippen LogP contribution is 2.39. The largest absolute Gasteiger partial charge is 0.396 e. The predicted octanol–water partition coefficient (Wildman–Crippen LogP) is 1.36. The minimum absolute atomic E-state index is 0.0286. The summed E-state index contributed by atoms with van der Waals surface area (Å²) < 4.78 is 28.3. The van der Waals surface area contributed by atoms with E-state index in [1.807, 2.05) is 12.1 Å². The molecule has 1 atom stereocenters. The summed E-state index contributed by atoms with van der Waals surface area (Å²) in [7, 11) is -2.22. The van der Waals surface area contributed by atoms with E-state index in [0.717, 1.165) is 5.56 Å². The van der Waals surface area contributed by atoms with Crippen LogP contribution in [0.3, 0.4) is 0 Å². The number of aliphatic hydroxyl groups is 1. The van der Waals surface area contributed by atoms with Gasteiger partial charge in [-0.05, 0) is 23.2 Å². The van der Waals surface area contributed by atoms with Crippen molar-refractivity contribution >= 4 is 27.3 Å². The molecule has 0 aliphatic carbocycles. The van der Waals surface area contributed by atoms with Crippen LogP contribution in [0.4, 0.5) is 5.69 Å². The average Bonchev–Trinajstić information content (AvgIpc) is 3.01. The molecule has 0 fully saturated rings. The molecule has 0 amide bonds. The molecule has 1 unspecified atom stereocenters. The van der Waals surface area contributed by atoms with E-state index in [1.165, 1.54) is 15.1 Å². The monoisotopic (exact) mass is 327 g/mol. The fraction of sp³-hybridized carbons (Fsp3) is 0.308. The zero-order valence-electron chi connectivity index (χ0n) is 11.3. The van der Waals surface area contributed by atoms with Crippen LogP contribution in [-0.2, 0) is 17.1 Å². The van der Waals surface area contributed by atoms with Gasteiger partial charge in [0.1, 0.15) is 0 Å². The summed E-state index contributed by atoms with van der Waals surface area (Å²) >= 11 is 5.83. The molecule has 0 spiro atoms. The third-order valence-corrected chi connectivity index (χ3v) is 5.88. The Labute approximate surface area is 127 Å². The Bertz CT molecular complexity index is 788. The van der Waals surface area contributed by atoms with Crippen LogP contribution >= 0.6 is 11.6 Å². The number of imidazole rings is 1. The number of para-hydroxylation sites is 1. The fourth-order valence-electron chi connectivity index (χ4n) is 2.57. The van der Waals surface area contributed by atoms with Gasteiger partial charge in [0, 0.05) is 19.5 Å². The van der Waals surface area contributed by atoms with Crippen LogP contribution in [0, 0.1) is 0 Å². The lowest BCUT2D eigenvalue weighted by Gasteiger charge is -2.19. The molecule has 112 valence electrons. The van der Waals surface area contributed by atoms with Crippen molar-refractivity contribution in [1.29, 1.82) is 0 Å². The van der Waals surface area contributed by atoms with Crippen molar-refractivity contribution in [3.8, 4) is 0 Å². The summed E-state index contributed by atoms with van der Waals surface area (Å²) in [6.07, 6.45) is 1.24. The van der Waals surface area contributed by atoms with Crippen molar-refractivity contribution in [2.75, 3.05) is 17.5 Å². The summed E-state index contributed by atoms with van der Waals surface area (Å²) in [5.74, 6) is -0.223. The number of halogens is 1. The van der Waals surface area contributed by atoms with E-state index in [9.17, 15) is 13.5 Å². The number of aromatic nitrogens is 2. The molecule has 1 aromatic heterocycles. The van der Waals surface area contributed by atoms with E-state index >= 15 is 0 Å². The number of nitrogens with zero attached hydrogens (tertiary/aromatic N) is 3. The lowest BCUT2D eigenvalue weighted by Crippen LogP contribution is -2.31. The maximum absolute atomic E-state index is 12.8. The van der Waals surface area contributed by atoms with E-state index < -0.39 is 10.0 Å². The first-order chi connectivity index (χ1) is 9.96. The maximum atomic E-state index is 12.8. The molecule has 0 radical (unpaired) electrons. The molecular weight excluding hydrogens is 314 g/mol. The minimum Gasteiger partial charge on any atom is -0.396 e. The SMILES string of the molecule is Cn1c(S(=O)(=O)N2CC(CO)c3ccccc32)cnc1Cl. The zero-order chi connectivity index (χ0) is 15.2. The number of hydrogen-bond donors (Lipinski definition) is 1. The highest BCUT2D eigenvalue weighted by molar-refractivity contribution is 7.92. The second-order valence-corrected chi connectivity index (χ2v) is 7.05. The lowest BCUT2D eigenvalue weighted by molar-refractivity contribution is 0.272. The Kier molecular flexibility index (Phi) is 3.43. The highest BCUT2D eigenvalue weighted by Gasteiger charge is 2.37. The number of fused-ring (bicyclic) bond motifs is 1. The van der Waals surface area contributed by atoms with Gasteiger partial charge in [0.2, 0.25) is 5.28 Å². The first-order valence-corrected chi connectivity index (χ1v) is 8.18. The van der Waals surface area contributed by atoms with Gasteiger partial charge in [-0.25, -0.2) is 4.98 Å². The third kappa shape index (κ3) is 2.12. The number of benzene rings is 1. The van der Waals surface area contributed by atoms with Crippen LogP contribution < -0.4 is 4.31 Å². The van der Waals surface area contributed by atoms with Crippen molar-refractivity contribution in [3.63, 3.8) is 0 Å². The number of anilines is 1. The summed E-state index contributed by atoms with van der Waals surface area (Å²) in [4.78, 5) is 3.82. The quantitative estimate of drug-likeness (QED) is 0.923. The minimum atomic E-state index is -3.77. The molecule has 21 heavy (non-hydrogen) atoms. The molecule has 6 nitrogen and oxygen atoms in total. The first-order valence-electron chi connectivity index (χ1n) is 6.36. The Morgan fingerprint density at radius 1 is 1.43 bits per heavy atom. The molecule has 3 rings (SSSR count). The average molecular weight is 328 g/mol. The van der Waals surface area contributed by atoms with Crippen LogP contribution in [0.5, 0.6) is 0 Å². The highest BCUT2D eigenvalue weighted by atomic mass is 35.5. The molecule has 0 bridgehead atoms. The van der Waals surface area contributed by atoms with Gasteiger partial charge >= 0.3 is 0 Å². The van der Waals surface area contributed by atoms with Crippen molar-refractivity contribution in [1.82, 2.24) is 9.55 Å². The van der Waals surface area contributed by atoms with Gasteiger partial charge in [-0.1, -0.05) is 18.2 Å². The Hall–Kier alpha value is -1.57. The van der Waals surface area contributed by atoms with Gasteiger partial charge in [0.05, 0.1) is 18.5 Å². The van der Waals surface area contributed by atoms with Crippen molar-refractivity contribution in [2.45, 2.75) is 10.9 Å². The van der Waals surface area contributed by atoms with Gasteiger partial charge in [0.25, 0.3) is 10.0 Å². The van der Waals surface area contributed by atoms with Gasteiger partial charge in [-0.2, -0.15) is 8.42 Å². The van der Waals surface area contributed by atoms with Crippen molar-refractivity contribution in [3.05, 3.63) is 41.3 Å². The number of sulfonamides is 1. The van der Waals surface area contributed by atoms with E-state index in [0.29, 0.717) is 5.69 Å². The topological polar surface area (TPSA) is 75.4 Å². The van der Waals surface area contributed by atoms with Crippen LogP contribution in [0.15, 0.2) is 35.5 Å². The normalized spacial score (nSPS) is 18.0. The first kappa shape index (κ1) is 14.4. The molecule has 2 aromatic rings. The lowest BCUT2D eigenvalue weighted by atomic mass is 10.0. The molecule has 0 saturated carbocycles. The van der Waals surface area contributed by atoms with Crippen LogP contribution in [0.25, 0.3) is 0 Å². The summed E-state index contributed by atoms with van der Waals surface area (Å²) in [6.45, 7) is 0.107. The zero-order valence-corrected chi connectivity index (χ0v) is 12.8. The predicted molar refractivity (Wildman–Crippen MR) is 79.0 cm³/mol. The smallest absolute Gasteiger partial charge is 0.281 e. The van der Waals surface area contributed by atoms with E-state index in [1.54, 1.807) is 19.2 Å². The molecule has 1 aromatic carbocycles. The fourth-order valence-corrected chi connectivity index (χ4v) is 4.40. The summed E-state index contributed by atoms with van der Waals surface area (Å²) in [5, 5.41) is 9.60. The molecule has 2 heterocycles. The summed E-state index contributed by atoms with van der Waals surface area (Å²) in [6, 6.07) is 7.18. The Balaban J connectivity index is 2.11. The molecule has 1 aliphatic heterocycles. The van der Waals surface area contributed by atoms with Gasteiger partial charge in [-0.15, -0.1) is 0 Å². The van der Waals surface area contributed by atoms with Crippen LogP contribution in [-0.4, -0.2) is 36.2 Å². The molecule has 1 N–H and O–H groups in total. The molecule has 1 aliphatic rings. The summed E-state index contributed by atoms with van der Waals surface area (Å²) in [5.41, 5.74) is 1.42. The Morgan fingerprint density at radius 2 is 2.14 bits per heavy atom.